The van der Waals surface area contributed by atoms with Crippen molar-refractivity contribution in [1.82, 2.24) is 10.1 Å². The first-order chi connectivity index (χ1) is 10.0. The van der Waals surface area contributed by atoms with Crippen LogP contribution in [0.3, 0.4) is 0 Å². The number of nitrogens with two attached hydrogens (primary N) is 1. The molecular formula is C13H16N4O4. The van der Waals surface area contributed by atoms with Gasteiger partial charge in [0.2, 0.25) is 0 Å². The third kappa shape index (κ3) is 3.34. The van der Waals surface area contributed by atoms with E-state index in [9.17, 15) is 10.1 Å². The summed E-state index contributed by atoms with van der Waals surface area (Å²) in [6.07, 6.45) is 1.33. The van der Waals surface area contributed by atoms with E-state index in [1.54, 1.807) is 0 Å². The van der Waals surface area contributed by atoms with Crippen LogP contribution in [0.1, 0.15) is 19.2 Å². The Bertz CT molecular complexity index is 641. The molecule has 2 rings (SSSR count). The molecule has 0 radical (unpaired) electrons. The number of nitrogens with zero attached hydrogens (tertiary/aromatic N) is 3. The summed E-state index contributed by atoms with van der Waals surface area (Å²) in [6, 6.07) is 4.35. The standard InChI is InChI=1S/C13H16N4O4/c1-3-9(14)7-12-15-13(21-16-12)8-4-5-10(17(18)19)11(6-8)20-2/h4-6,9H,3,7,14H2,1-2H3. The molecule has 0 spiro atoms. The first kappa shape index (κ1) is 14.9. The highest BCUT2D eigenvalue weighted by atomic mass is 16.6. The lowest BCUT2D eigenvalue weighted by atomic mass is 10.1. The molecule has 0 aliphatic carbocycles. The van der Waals surface area contributed by atoms with Gasteiger partial charge in [-0.05, 0) is 12.5 Å². The van der Waals surface area contributed by atoms with Crippen LogP contribution in [0.15, 0.2) is 22.7 Å². The SMILES string of the molecule is CCC(N)Cc1noc(-c2ccc([N+](=O)[O-])c(OC)c2)n1. The minimum atomic E-state index is -0.512. The Labute approximate surface area is 121 Å². The van der Waals surface area contributed by atoms with Gasteiger partial charge in [0.25, 0.3) is 5.89 Å². The Hall–Kier alpha value is -2.48. The van der Waals surface area contributed by atoms with Crippen LogP contribution >= 0.6 is 0 Å². The van der Waals surface area contributed by atoms with Crippen LogP contribution in [-0.4, -0.2) is 28.2 Å². The highest BCUT2D eigenvalue weighted by Crippen LogP contribution is 2.31. The van der Waals surface area contributed by atoms with Crippen molar-refractivity contribution in [2.45, 2.75) is 25.8 Å². The molecule has 0 amide bonds. The first-order valence-corrected chi connectivity index (χ1v) is 6.46. The van der Waals surface area contributed by atoms with Gasteiger partial charge in [0.15, 0.2) is 11.6 Å². The van der Waals surface area contributed by atoms with E-state index in [4.69, 9.17) is 15.0 Å². The highest BCUT2D eigenvalue weighted by molar-refractivity contribution is 5.61. The average molecular weight is 292 g/mol. The summed E-state index contributed by atoms with van der Waals surface area (Å²) in [6.45, 7) is 1.98. The van der Waals surface area contributed by atoms with Gasteiger partial charge in [-0.15, -0.1) is 0 Å². The van der Waals surface area contributed by atoms with Crippen molar-refractivity contribution < 1.29 is 14.2 Å². The van der Waals surface area contributed by atoms with Gasteiger partial charge >= 0.3 is 5.69 Å². The second-order valence-electron chi connectivity index (χ2n) is 4.53. The fourth-order valence-electron chi connectivity index (χ4n) is 1.79. The van der Waals surface area contributed by atoms with E-state index in [1.165, 1.54) is 25.3 Å². The van der Waals surface area contributed by atoms with Crippen molar-refractivity contribution in [2.24, 2.45) is 5.73 Å². The van der Waals surface area contributed by atoms with Crippen LogP contribution in [-0.2, 0) is 6.42 Å². The third-order valence-corrected chi connectivity index (χ3v) is 3.06. The number of benzene rings is 1. The number of aromatic nitrogens is 2. The Morgan fingerprint density at radius 1 is 1.52 bits per heavy atom. The van der Waals surface area contributed by atoms with Gasteiger partial charge in [-0.2, -0.15) is 4.98 Å². The van der Waals surface area contributed by atoms with Crippen LogP contribution in [0.4, 0.5) is 5.69 Å². The molecule has 0 fully saturated rings. The zero-order valence-corrected chi connectivity index (χ0v) is 11.8. The molecule has 1 aromatic carbocycles. The van der Waals surface area contributed by atoms with Gasteiger partial charge in [-0.3, -0.25) is 10.1 Å². The van der Waals surface area contributed by atoms with E-state index in [0.717, 1.165) is 6.42 Å². The predicted molar refractivity (Wildman–Crippen MR) is 74.9 cm³/mol. The van der Waals surface area contributed by atoms with Crippen LogP contribution in [0, 0.1) is 10.1 Å². The number of nitro groups is 1. The minimum Gasteiger partial charge on any atom is -0.490 e. The summed E-state index contributed by atoms with van der Waals surface area (Å²) in [5.41, 5.74) is 6.28. The van der Waals surface area contributed by atoms with Crippen molar-refractivity contribution in [2.75, 3.05) is 7.11 Å². The zero-order valence-electron chi connectivity index (χ0n) is 11.8. The van der Waals surface area contributed by atoms with E-state index in [1.807, 2.05) is 6.92 Å². The van der Waals surface area contributed by atoms with Crippen molar-refractivity contribution in [1.29, 1.82) is 0 Å². The zero-order chi connectivity index (χ0) is 15.4. The van der Waals surface area contributed by atoms with Crippen LogP contribution in [0.25, 0.3) is 11.5 Å². The van der Waals surface area contributed by atoms with Gasteiger partial charge in [0.1, 0.15) is 0 Å². The van der Waals surface area contributed by atoms with Crippen molar-refractivity contribution in [3.8, 4) is 17.2 Å². The molecule has 21 heavy (non-hydrogen) atoms. The van der Waals surface area contributed by atoms with Gasteiger partial charge in [-0.25, -0.2) is 0 Å². The molecule has 2 aromatic rings. The maximum atomic E-state index is 10.8. The Morgan fingerprint density at radius 3 is 2.90 bits per heavy atom. The van der Waals surface area contributed by atoms with E-state index in [2.05, 4.69) is 10.1 Å². The second-order valence-corrected chi connectivity index (χ2v) is 4.53. The van der Waals surface area contributed by atoms with E-state index in [-0.39, 0.29) is 23.4 Å². The number of hydrogen-bond donors (Lipinski definition) is 1. The molecule has 8 nitrogen and oxygen atoms in total. The summed E-state index contributed by atoms with van der Waals surface area (Å²) >= 11 is 0. The monoisotopic (exact) mass is 292 g/mol. The lowest BCUT2D eigenvalue weighted by molar-refractivity contribution is -0.385. The molecule has 0 aliphatic rings. The van der Waals surface area contributed by atoms with Gasteiger partial charge in [0.05, 0.1) is 12.0 Å². The maximum Gasteiger partial charge on any atom is 0.310 e. The minimum absolute atomic E-state index is 0.0261. The number of hydrogen-bond acceptors (Lipinski definition) is 7. The molecule has 0 saturated heterocycles. The van der Waals surface area contributed by atoms with Crippen LogP contribution in [0.2, 0.25) is 0 Å². The Kier molecular flexibility index (Phi) is 4.49. The van der Waals surface area contributed by atoms with Crippen molar-refractivity contribution in [3.63, 3.8) is 0 Å². The largest absolute Gasteiger partial charge is 0.490 e. The summed E-state index contributed by atoms with van der Waals surface area (Å²) in [4.78, 5) is 14.6. The van der Waals surface area contributed by atoms with Gasteiger partial charge in [-0.1, -0.05) is 12.1 Å². The summed E-state index contributed by atoms with van der Waals surface area (Å²) in [7, 11) is 1.37. The Balaban J connectivity index is 2.28. The molecule has 112 valence electrons. The molecule has 1 heterocycles. The molecule has 2 N–H and O–H groups in total. The van der Waals surface area contributed by atoms with Crippen LogP contribution < -0.4 is 10.5 Å². The molecule has 1 aromatic heterocycles. The smallest absolute Gasteiger partial charge is 0.310 e. The van der Waals surface area contributed by atoms with Crippen molar-refractivity contribution in [3.05, 3.63) is 34.1 Å². The second kappa shape index (κ2) is 6.31. The summed E-state index contributed by atoms with van der Waals surface area (Å²) in [5, 5.41) is 14.7. The van der Waals surface area contributed by atoms with Gasteiger partial charge < -0.3 is 15.0 Å². The van der Waals surface area contributed by atoms with E-state index >= 15 is 0 Å². The molecule has 0 saturated carbocycles. The highest BCUT2D eigenvalue weighted by Gasteiger charge is 2.18. The molecule has 1 unspecified atom stereocenters. The van der Waals surface area contributed by atoms with E-state index < -0.39 is 4.92 Å². The molecule has 0 aliphatic heterocycles. The molecule has 1 atom stereocenters. The maximum absolute atomic E-state index is 10.8. The topological polar surface area (TPSA) is 117 Å². The number of nitro benzene ring substituents is 1. The molecular weight excluding hydrogens is 276 g/mol. The summed E-state index contributed by atoms with van der Waals surface area (Å²) < 4.78 is 10.2. The van der Waals surface area contributed by atoms with E-state index in [0.29, 0.717) is 17.8 Å². The molecule has 8 heteroatoms. The first-order valence-electron chi connectivity index (χ1n) is 6.46. The van der Waals surface area contributed by atoms with Crippen molar-refractivity contribution >= 4 is 5.69 Å². The lowest BCUT2D eigenvalue weighted by Crippen LogP contribution is -2.21. The fraction of sp³-hybridized carbons (Fsp3) is 0.385. The fourth-order valence-corrected chi connectivity index (χ4v) is 1.79. The normalized spacial score (nSPS) is 12.1. The van der Waals surface area contributed by atoms with Crippen LogP contribution in [0.5, 0.6) is 5.75 Å². The van der Waals surface area contributed by atoms with Gasteiger partial charge in [0, 0.05) is 30.2 Å². The average Bonchev–Trinajstić information content (AvgIpc) is 2.94. The quantitative estimate of drug-likeness (QED) is 0.638. The number of ether oxygens (including phenoxy) is 1. The summed E-state index contributed by atoms with van der Waals surface area (Å²) in [5.74, 6) is 0.931. The Morgan fingerprint density at radius 2 is 2.29 bits per heavy atom. The molecule has 0 bridgehead atoms. The number of methoxy groups -OCH3 is 1. The lowest BCUT2D eigenvalue weighted by Gasteiger charge is -2.03. The predicted octanol–water partition coefficient (Wildman–Crippen LogP) is 1.93. The third-order valence-electron chi connectivity index (χ3n) is 3.06. The number of rotatable bonds is 6.